The van der Waals surface area contributed by atoms with E-state index in [1.807, 2.05) is 60.7 Å². The fraction of sp³-hybridized carbons (Fsp3) is 0.0455. The third-order valence-electron chi connectivity index (χ3n) is 4.74. The Morgan fingerprint density at radius 1 is 0.828 bits per heavy atom. The first kappa shape index (κ1) is 17.0. The molecule has 7 heteroatoms. The van der Waals surface area contributed by atoms with E-state index in [4.69, 9.17) is 5.73 Å². The lowest BCUT2D eigenvalue weighted by Crippen LogP contribution is -2.05. The predicted molar refractivity (Wildman–Crippen MR) is 115 cm³/mol. The number of benzene rings is 3. The fourth-order valence-corrected chi connectivity index (χ4v) is 3.37. The average Bonchev–Trinajstić information content (AvgIpc) is 3.31. The first-order valence-corrected chi connectivity index (χ1v) is 9.18. The third kappa shape index (κ3) is 3.19. The van der Waals surface area contributed by atoms with Crippen LogP contribution in [0.1, 0.15) is 6.92 Å². The summed E-state index contributed by atoms with van der Waals surface area (Å²) in [6.45, 7) is 1.49. The van der Waals surface area contributed by atoms with Gasteiger partial charge in [-0.05, 0) is 60.7 Å². The molecular formula is C22H18N6O. The Labute approximate surface area is 166 Å². The van der Waals surface area contributed by atoms with E-state index < -0.39 is 0 Å². The van der Waals surface area contributed by atoms with Gasteiger partial charge in [-0.3, -0.25) is 4.79 Å². The first-order chi connectivity index (χ1) is 14.0. The molecule has 0 aliphatic rings. The van der Waals surface area contributed by atoms with Gasteiger partial charge in [-0.15, -0.1) is 0 Å². The number of aromatic amines is 2. The number of rotatable bonds is 3. The molecule has 0 radical (unpaired) electrons. The van der Waals surface area contributed by atoms with Crippen molar-refractivity contribution >= 4 is 39.3 Å². The highest BCUT2D eigenvalue weighted by Gasteiger charge is 2.10. The number of carbonyl (C=O) groups excluding carboxylic acids is 1. The number of nitrogens with two attached hydrogens (primary N) is 1. The number of hydrogen-bond acceptors (Lipinski definition) is 4. The number of carbonyl (C=O) groups is 1. The molecule has 5 rings (SSSR count). The Balaban J connectivity index is 1.50. The molecule has 0 spiro atoms. The van der Waals surface area contributed by atoms with E-state index in [1.165, 1.54) is 6.92 Å². The largest absolute Gasteiger partial charge is 0.399 e. The number of nitrogen functional groups attached to an aromatic ring is 1. The van der Waals surface area contributed by atoms with E-state index in [-0.39, 0.29) is 5.91 Å². The second-order valence-corrected chi connectivity index (χ2v) is 6.94. The number of nitrogens with zero attached hydrogens (tertiary/aromatic N) is 2. The van der Waals surface area contributed by atoms with Crippen molar-refractivity contribution in [1.82, 2.24) is 19.9 Å². The lowest BCUT2D eigenvalue weighted by Gasteiger charge is -2.02. The number of fused-ring (bicyclic) bond motifs is 2. The Morgan fingerprint density at radius 2 is 1.41 bits per heavy atom. The summed E-state index contributed by atoms with van der Waals surface area (Å²) in [6.07, 6.45) is 0. The standard InChI is InChI=1S/C22H18N6O/c1-12(29)24-16-6-2-13(3-7-16)21-25-17-8-4-14(10-19(17)27-21)22-26-18-9-5-15(23)11-20(18)28-22/h2-11H,23H2,1H3,(H,24,29)(H,25,27)(H,26,28). The molecule has 5 N–H and O–H groups in total. The zero-order valence-electron chi connectivity index (χ0n) is 15.7. The monoisotopic (exact) mass is 382 g/mol. The molecule has 0 saturated heterocycles. The Bertz CT molecular complexity index is 1360. The summed E-state index contributed by atoms with van der Waals surface area (Å²) in [6, 6.07) is 19.2. The van der Waals surface area contributed by atoms with Gasteiger partial charge in [0.25, 0.3) is 0 Å². The van der Waals surface area contributed by atoms with E-state index in [0.29, 0.717) is 5.69 Å². The van der Waals surface area contributed by atoms with Gasteiger partial charge in [0.1, 0.15) is 11.6 Å². The van der Waals surface area contributed by atoms with Gasteiger partial charge in [0.2, 0.25) is 5.91 Å². The summed E-state index contributed by atoms with van der Waals surface area (Å²) in [7, 11) is 0. The van der Waals surface area contributed by atoms with Crippen molar-refractivity contribution in [2.24, 2.45) is 0 Å². The molecule has 0 bridgehead atoms. The number of aromatic nitrogens is 4. The molecule has 0 atom stereocenters. The average molecular weight is 382 g/mol. The first-order valence-electron chi connectivity index (χ1n) is 9.18. The summed E-state index contributed by atoms with van der Waals surface area (Å²) in [4.78, 5) is 27.2. The van der Waals surface area contributed by atoms with Crippen molar-refractivity contribution in [3.05, 3.63) is 60.7 Å². The minimum absolute atomic E-state index is 0.0951. The van der Waals surface area contributed by atoms with Crippen molar-refractivity contribution in [3.63, 3.8) is 0 Å². The zero-order chi connectivity index (χ0) is 20.0. The highest BCUT2D eigenvalue weighted by Crippen LogP contribution is 2.27. The maximum atomic E-state index is 11.2. The molecule has 1 amide bonds. The summed E-state index contributed by atoms with van der Waals surface area (Å²) in [5, 5.41) is 2.76. The van der Waals surface area contributed by atoms with Crippen molar-refractivity contribution in [1.29, 1.82) is 0 Å². The van der Waals surface area contributed by atoms with Crippen LogP contribution in [-0.4, -0.2) is 25.8 Å². The molecule has 0 saturated carbocycles. The van der Waals surface area contributed by atoms with Gasteiger partial charge in [0.15, 0.2) is 0 Å². The second kappa shape index (κ2) is 6.49. The minimum Gasteiger partial charge on any atom is -0.399 e. The molecule has 2 heterocycles. The number of H-pyrrole nitrogens is 2. The van der Waals surface area contributed by atoms with Crippen LogP contribution >= 0.6 is 0 Å². The van der Waals surface area contributed by atoms with Gasteiger partial charge in [0, 0.05) is 29.4 Å². The van der Waals surface area contributed by atoms with Crippen LogP contribution in [0.3, 0.4) is 0 Å². The van der Waals surface area contributed by atoms with E-state index in [9.17, 15) is 4.79 Å². The SMILES string of the molecule is CC(=O)Nc1ccc(-c2nc3ccc(-c4nc5ccc(N)cc5[nH]4)cc3[nH]2)cc1. The highest BCUT2D eigenvalue weighted by atomic mass is 16.1. The zero-order valence-corrected chi connectivity index (χ0v) is 15.7. The molecule has 5 aromatic rings. The van der Waals surface area contributed by atoms with Gasteiger partial charge in [-0.25, -0.2) is 9.97 Å². The molecule has 0 aliphatic heterocycles. The molecule has 142 valence electrons. The normalized spacial score (nSPS) is 11.2. The van der Waals surface area contributed by atoms with Crippen LogP contribution in [0.2, 0.25) is 0 Å². The second-order valence-electron chi connectivity index (χ2n) is 6.94. The van der Waals surface area contributed by atoms with Gasteiger partial charge >= 0.3 is 0 Å². The molecule has 0 fully saturated rings. The maximum Gasteiger partial charge on any atom is 0.221 e. The summed E-state index contributed by atoms with van der Waals surface area (Å²) in [5.41, 5.74) is 12.8. The molecular weight excluding hydrogens is 364 g/mol. The van der Waals surface area contributed by atoms with Crippen molar-refractivity contribution in [2.75, 3.05) is 11.1 Å². The Hall–Kier alpha value is -4.13. The quantitative estimate of drug-likeness (QED) is 0.348. The van der Waals surface area contributed by atoms with Crippen molar-refractivity contribution in [2.45, 2.75) is 6.92 Å². The number of amides is 1. The molecule has 2 aromatic heterocycles. The fourth-order valence-electron chi connectivity index (χ4n) is 3.37. The lowest BCUT2D eigenvalue weighted by atomic mass is 10.2. The van der Waals surface area contributed by atoms with E-state index in [0.717, 1.165) is 50.5 Å². The Kier molecular flexibility index (Phi) is 3.80. The smallest absolute Gasteiger partial charge is 0.221 e. The number of nitrogens with one attached hydrogen (secondary N) is 3. The number of hydrogen-bond donors (Lipinski definition) is 4. The Morgan fingerprint density at radius 3 is 2.10 bits per heavy atom. The summed E-state index contributed by atoms with van der Waals surface area (Å²) in [5.74, 6) is 1.45. The van der Waals surface area contributed by atoms with Crippen LogP contribution in [0.15, 0.2) is 60.7 Å². The minimum atomic E-state index is -0.0951. The van der Waals surface area contributed by atoms with Crippen LogP contribution in [0.4, 0.5) is 11.4 Å². The van der Waals surface area contributed by atoms with E-state index in [1.54, 1.807) is 0 Å². The molecule has 7 nitrogen and oxygen atoms in total. The number of anilines is 2. The summed E-state index contributed by atoms with van der Waals surface area (Å²) >= 11 is 0. The molecule has 0 unspecified atom stereocenters. The van der Waals surface area contributed by atoms with Gasteiger partial charge in [-0.1, -0.05) is 0 Å². The lowest BCUT2D eigenvalue weighted by molar-refractivity contribution is -0.114. The predicted octanol–water partition coefficient (Wildman–Crippen LogP) is 4.31. The van der Waals surface area contributed by atoms with Crippen LogP contribution in [0.5, 0.6) is 0 Å². The number of imidazole rings is 2. The van der Waals surface area contributed by atoms with Gasteiger partial charge < -0.3 is 21.0 Å². The van der Waals surface area contributed by atoms with E-state index >= 15 is 0 Å². The topological polar surface area (TPSA) is 112 Å². The molecule has 0 aliphatic carbocycles. The van der Waals surface area contributed by atoms with Crippen molar-refractivity contribution in [3.8, 4) is 22.8 Å². The van der Waals surface area contributed by atoms with Crippen LogP contribution < -0.4 is 11.1 Å². The highest BCUT2D eigenvalue weighted by molar-refractivity contribution is 5.89. The van der Waals surface area contributed by atoms with E-state index in [2.05, 4.69) is 25.3 Å². The van der Waals surface area contributed by atoms with Crippen molar-refractivity contribution < 1.29 is 4.79 Å². The third-order valence-corrected chi connectivity index (χ3v) is 4.74. The van der Waals surface area contributed by atoms with Gasteiger partial charge in [-0.2, -0.15) is 0 Å². The van der Waals surface area contributed by atoms with Gasteiger partial charge in [0.05, 0.1) is 22.1 Å². The van der Waals surface area contributed by atoms with Crippen LogP contribution in [-0.2, 0) is 4.79 Å². The molecule has 3 aromatic carbocycles. The molecule has 29 heavy (non-hydrogen) atoms. The van der Waals surface area contributed by atoms with Crippen LogP contribution in [0.25, 0.3) is 44.8 Å². The maximum absolute atomic E-state index is 11.2. The summed E-state index contributed by atoms with van der Waals surface area (Å²) < 4.78 is 0. The van der Waals surface area contributed by atoms with Crippen LogP contribution in [0, 0.1) is 0 Å².